The number of nitrogens with zero attached hydrogens (tertiary/aromatic N) is 1. The average molecular weight is 435 g/mol. The minimum atomic E-state index is -4.48. The zero-order chi connectivity index (χ0) is 22.4. The summed E-state index contributed by atoms with van der Waals surface area (Å²) in [4.78, 5) is 14.5. The van der Waals surface area contributed by atoms with Crippen molar-refractivity contribution in [2.75, 3.05) is 29.9 Å². The van der Waals surface area contributed by atoms with Crippen LogP contribution < -0.4 is 15.0 Å². The zero-order valence-electron chi connectivity index (χ0n) is 18.0. The number of piperidine rings is 1. The molecule has 1 aliphatic heterocycles. The molecule has 0 aromatic heterocycles. The molecule has 168 valence electrons. The maximum atomic E-state index is 13.2. The van der Waals surface area contributed by atoms with Gasteiger partial charge in [0.1, 0.15) is 5.75 Å². The highest BCUT2D eigenvalue weighted by molar-refractivity contribution is 5.95. The number of nitrogens with one attached hydrogen (secondary N) is 1. The molecule has 1 aliphatic rings. The van der Waals surface area contributed by atoms with Gasteiger partial charge < -0.3 is 15.0 Å². The molecular formula is C24H29F3N2O2. The van der Waals surface area contributed by atoms with Gasteiger partial charge in [-0.05, 0) is 67.5 Å². The van der Waals surface area contributed by atoms with Gasteiger partial charge in [0.05, 0.1) is 16.9 Å². The van der Waals surface area contributed by atoms with Gasteiger partial charge >= 0.3 is 6.18 Å². The van der Waals surface area contributed by atoms with Crippen molar-refractivity contribution >= 4 is 17.3 Å². The van der Waals surface area contributed by atoms with Gasteiger partial charge in [-0.3, -0.25) is 4.79 Å². The van der Waals surface area contributed by atoms with Crippen LogP contribution in [0.2, 0.25) is 0 Å². The molecule has 3 rings (SSSR count). The smallest absolute Gasteiger partial charge is 0.416 e. The third-order valence-electron chi connectivity index (χ3n) is 5.73. The third kappa shape index (κ3) is 6.15. The second kappa shape index (κ2) is 10.1. The van der Waals surface area contributed by atoms with E-state index in [1.807, 2.05) is 17.0 Å². The molecular weight excluding hydrogens is 405 g/mol. The molecule has 1 amide bonds. The van der Waals surface area contributed by atoms with E-state index < -0.39 is 17.6 Å². The predicted octanol–water partition coefficient (Wildman–Crippen LogP) is 6.23. The molecule has 0 aliphatic carbocycles. The normalized spacial score (nSPS) is 15.5. The summed E-state index contributed by atoms with van der Waals surface area (Å²) in [5, 5.41) is 2.62. The van der Waals surface area contributed by atoms with Crippen molar-refractivity contribution in [1.29, 1.82) is 0 Å². The number of ether oxygens (including phenoxy) is 1. The number of benzene rings is 2. The lowest BCUT2D eigenvalue weighted by Crippen LogP contribution is -2.31. The number of carbonyl (C=O) groups excluding carboxylic acids is 1. The van der Waals surface area contributed by atoms with E-state index in [-0.39, 0.29) is 12.3 Å². The molecule has 7 heteroatoms. The molecule has 0 bridgehead atoms. The van der Waals surface area contributed by atoms with Crippen LogP contribution in [0.25, 0.3) is 0 Å². The number of anilines is 2. The fourth-order valence-corrected chi connectivity index (χ4v) is 3.69. The van der Waals surface area contributed by atoms with Crippen LogP contribution in [0.3, 0.4) is 0 Å². The van der Waals surface area contributed by atoms with Gasteiger partial charge in [0.2, 0.25) is 0 Å². The minimum Gasteiger partial charge on any atom is -0.484 e. The molecule has 1 N–H and O–H groups in total. The van der Waals surface area contributed by atoms with Crippen molar-refractivity contribution in [1.82, 2.24) is 0 Å². The van der Waals surface area contributed by atoms with E-state index in [0.29, 0.717) is 17.4 Å². The monoisotopic (exact) mass is 434 g/mol. The minimum absolute atomic E-state index is 0.164. The highest BCUT2D eigenvalue weighted by atomic mass is 19.4. The van der Waals surface area contributed by atoms with Gasteiger partial charge in [0.25, 0.3) is 5.91 Å². The number of carbonyl (C=O) groups is 1. The molecule has 1 saturated heterocycles. The summed E-state index contributed by atoms with van der Waals surface area (Å²) >= 11 is 0. The van der Waals surface area contributed by atoms with E-state index in [0.717, 1.165) is 50.9 Å². The Bertz CT molecular complexity index is 875. The Morgan fingerprint density at radius 2 is 1.77 bits per heavy atom. The predicted molar refractivity (Wildman–Crippen MR) is 117 cm³/mol. The second-order valence-corrected chi connectivity index (χ2v) is 7.99. The lowest BCUT2D eigenvalue weighted by molar-refractivity contribution is -0.137. The van der Waals surface area contributed by atoms with Crippen molar-refractivity contribution in [2.24, 2.45) is 0 Å². The van der Waals surface area contributed by atoms with E-state index >= 15 is 0 Å². The molecule has 1 atom stereocenters. The number of amides is 1. The Labute approximate surface area is 181 Å². The molecule has 4 nitrogen and oxygen atoms in total. The highest BCUT2D eigenvalue weighted by Crippen LogP contribution is 2.36. The van der Waals surface area contributed by atoms with Gasteiger partial charge in [-0.1, -0.05) is 26.0 Å². The van der Waals surface area contributed by atoms with Crippen molar-refractivity contribution < 1.29 is 22.7 Å². The Balaban J connectivity index is 1.70. The Morgan fingerprint density at radius 3 is 2.39 bits per heavy atom. The van der Waals surface area contributed by atoms with Crippen molar-refractivity contribution in [3.8, 4) is 5.75 Å². The lowest BCUT2D eigenvalue weighted by Gasteiger charge is -2.31. The molecule has 0 spiro atoms. The van der Waals surface area contributed by atoms with Crippen LogP contribution in [0.1, 0.15) is 56.6 Å². The first kappa shape index (κ1) is 23.0. The van der Waals surface area contributed by atoms with Gasteiger partial charge in [0, 0.05) is 13.1 Å². The number of hydrogen-bond acceptors (Lipinski definition) is 3. The summed E-state index contributed by atoms with van der Waals surface area (Å²) in [5.41, 5.74) is 1.18. The van der Waals surface area contributed by atoms with Crippen LogP contribution in [0.15, 0.2) is 42.5 Å². The molecule has 31 heavy (non-hydrogen) atoms. The van der Waals surface area contributed by atoms with Gasteiger partial charge in [0.15, 0.2) is 6.61 Å². The van der Waals surface area contributed by atoms with E-state index in [2.05, 4.69) is 19.2 Å². The van der Waals surface area contributed by atoms with Crippen LogP contribution in [0.4, 0.5) is 24.5 Å². The molecule has 1 fully saturated rings. The van der Waals surface area contributed by atoms with E-state index in [9.17, 15) is 18.0 Å². The first-order valence-corrected chi connectivity index (χ1v) is 10.8. The Hall–Kier alpha value is -2.70. The van der Waals surface area contributed by atoms with E-state index in [1.54, 1.807) is 12.1 Å². The van der Waals surface area contributed by atoms with Gasteiger partial charge in [-0.25, -0.2) is 0 Å². The summed E-state index contributed by atoms with van der Waals surface area (Å²) in [6.45, 7) is 5.49. The Morgan fingerprint density at radius 1 is 1.10 bits per heavy atom. The topological polar surface area (TPSA) is 41.6 Å². The summed E-state index contributed by atoms with van der Waals surface area (Å²) in [6, 6.07) is 11.0. The first-order valence-electron chi connectivity index (χ1n) is 10.8. The summed E-state index contributed by atoms with van der Waals surface area (Å²) in [7, 11) is 0. The van der Waals surface area contributed by atoms with Crippen molar-refractivity contribution in [3.63, 3.8) is 0 Å². The van der Waals surface area contributed by atoms with Crippen molar-refractivity contribution in [3.05, 3.63) is 53.6 Å². The van der Waals surface area contributed by atoms with Crippen LogP contribution in [0, 0.1) is 0 Å². The molecule has 0 radical (unpaired) electrons. The van der Waals surface area contributed by atoms with Crippen LogP contribution in [-0.2, 0) is 11.0 Å². The number of alkyl halides is 3. The van der Waals surface area contributed by atoms with Crippen molar-refractivity contribution in [2.45, 2.75) is 51.6 Å². The first-order chi connectivity index (χ1) is 14.8. The van der Waals surface area contributed by atoms with Gasteiger partial charge in [-0.15, -0.1) is 0 Å². The third-order valence-corrected chi connectivity index (χ3v) is 5.73. The molecule has 0 unspecified atom stereocenters. The van der Waals surface area contributed by atoms with Gasteiger partial charge in [-0.2, -0.15) is 13.2 Å². The van der Waals surface area contributed by atoms with Crippen LogP contribution >= 0.6 is 0 Å². The number of hydrogen-bond donors (Lipinski definition) is 1. The molecule has 2 aromatic rings. The maximum absolute atomic E-state index is 13.2. The van der Waals surface area contributed by atoms with Crippen LogP contribution in [0.5, 0.6) is 5.75 Å². The second-order valence-electron chi connectivity index (χ2n) is 7.99. The highest BCUT2D eigenvalue weighted by Gasteiger charge is 2.32. The summed E-state index contributed by atoms with van der Waals surface area (Å²) in [5.74, 6) is 0.484. The quantitative estimate of drug-likeness (QED) is 0.562. The summed E-state index contributed by atoms with van der Waals surface area (Å²) < 4.78 is 45.2. The SMILES string of the molecule is CC[C@@H](C)c1ccc(OCC(=O)Nc2cc(C(F)(F)F)ccc2N2CCCCC2)cc1. The summed E-state index contributed by atoms with van der Waals surface area (Å²) in [6.07, 6.45) is -0.399. The number of rotatable bonds is 7. The van der Waals surface area contributed by atoms with E-state index in [4.69, 9.17) is 4.74 Å². The average Bonchev–Trinajstić information content (AvgIpc) is 2.77. The fourth-order valence-electron chi connectivity index (χ4n) is 3.69. The van der Waals surface area contributed by atoms with Crippen LogP contribution in [-0.4, -0.2) is 25.6 Å². The zero-order valence-corrected chi connectivity index (χ0v) is 18.0. The molecule has 1 heterocycles. The molecule has 2 aromatic carbocycles. The maximum Gasteiger partial charge on any atom is 0.416 e. The van der Waals surface area contributed by atoms with E-state index in [1.165, 1.54) is 11.6 Å². The standard InChI is InChI=1S/C24H29F3N2O2/c1-3-17(2)18-7-10-20(11-8-18)31-16-23(30)28-21-15-19(24(25,26)27)9-12-22(21)29-13-5-4-6-14-29/h7-12,15,17H,3-6,13-14,16H2,1-2H3,(H,28,30)/t17-/m1/s1. The lowest BCUT2D eigenvalue weighted by atomic mass is 9.99. The largest absolute Gasteiger partial charge is 0.484 e. The number of halogens is 3. The fraction of sp³-hybridized carbons (Fsp3) is 0.458. The molecule has 0 saturated carbocycles. The Kier molecular flexibility index (Phi) is 7.46.